The second-order valence-electron chi connectivity index (χ2n) is 6.84. The van der Waals surface area contributed by atoms with Crippen molar-refractivity contribution in [3.63, 3.8) is 0 Å². The van der Waals surface area contributed by atoms with E-state index in [1.807, 2.05) is 4.90 Å². The van der Waals surface area contributed by atoms with E-state index in [0.717, 1.165) is 38.0 Å². The van der Waals surface area contributed by atoms with E-state index in [-0.39, 0.29) is 17.9 Å². The molecule has 2 saturated heterocycles. The number of rotatable bonds is 4. The number of piperidine rings is 1. The van der Waals surface area contributed by atoms with Gasteiger partial charge in [0.05, 0.1) is 0 Å². The average Bonchev–Trinajstić information content (AvgIpc) is 3.24. The Morgan fingerprint density at radius 1 is 1.19 bits per heavy atom. The molecule has 2 atom stereocenters. The molecule has 2 aliphatic heterocycles. The van der Waals surface area contributed by atoms with Crippen LogP contribution in [-0.4, -0.2) is 46.5 Å². The summed E-state index contributed by atoms with van der Waals surface area (Å²) in [6, 6.07) is 7.01. The summed E-state index contributed by atoms with van der Waals surface area (Å²) in [6.45, 7) is 2.23. The molecule has 1 aromatic heterocycles. The second-order valence-corrected chi connectivity index (χ2v) is 7.27. The first-order valence-electron chi connectivity index (χ1n) is 9.22. The zero-order chi connectivity index (χ0) is 18.6. The van der Waals surface area contributed by atoms with Crippen LogP contribution in [0.1, 0.15) is 30.9 Å². The van der Waals surface area contributed by atoms with Crippen LogP contribution in [0.2, 0.25) is 5.02 Å². The molecule has 8 heteroatoms. The molecule has 2 fully saturated rings. The van der Waals surface area contributed by atoms with E-state index in [0.29, 0.717) is 23.2 Å². The Balaban J connectivity index is 1.50. The Morgan fingerprint density at radius 3 is 2.78 bits per heavy atom. The maximum atomic E-state index is 12.7. The lowest BCUT2D eigenvalue weighted by Crippen LogP contribution is -2.48. The molecule has 2 unspecified atom stereocenters. The predicted molar refractivity (Wildman–Crippen MR) is 102 cm³/mol. The van der Waals surface area contributed by atoms with Crippen molar-refractivity contribution < 1.29 is 9.53 Å². The Bertz CT molecular complexity index is 795. The smallest absolute Gasteiger partial charge is 0.241 e. The summed E-state index contributed by atoms with van der Waals surface area (Å²) in [5, 5.41) is 0.651. The first-order valence-corrected chi connectivity index (χ1v) is 9.60. The zero-order valence-electron chi connectivity index (χ0n) is 14.9. The lowest BCUT2D eigenvalue weighted by molar-refractivity contribution is -0.134. The van der Waals surface area contributed by atoms with Crippen molar-refractivity contribution in [2.45, 2.75) is 31.2 Å². The van der Waals surface area contributed by atoms with Gasteiger partial charge in [0, 0.05) is 43.0 Å². The fourth-order valence-corrected chi connectivity index (χ4v) is 3.73. The average molecular weight is 388 g/mol. The molecular weight excluding hydrogens is 366 g/mol. The van der Waals surface area contributed by atoms with Gasteiger partial charge in [-0.25, -0.2) is 10.4 Å². The number of likely N-dealkylation sites (tertiary alicyclic amines) is 1. The molecule has 7 nitrogen and oxygen atoms in total. The number of hydrogen-bond donors (Lipinski definition) is 2. The molecule has 142 valence electrons. The van der Waals surface area contributed by atoms with E-state index in [2.05, 4.69) is 20.8 Å². The topological polar surface area (TPSA) is 79.4 Å². The van der Waals surface area contributed by atoms with Gasteiger partial charge in [-0.2, -0.15) is 0 Å². The van der Waals surface area contributed by atoms with Crippen LogP contribution in [0.25, 0.3) is 0 Å². The van der Waals surface area contributed by atoms with Crippen LogP contribution in [0.15, 0.2) is 36.7 Å². The molecule has 2 N–H and O–H groups in total. The van der Waals surface area contributed by atoms with Gasteiger partial charge in [-0.3, -0.25) is 15.2 Å². The summed E-state index contributed by atoms with van der Waals surface area (Å²) in [5.41, 5.74) is 6.87. The minimum absolute atomic E-state index is 0.105. The summed E-state index contributed by atoms with van der Waals surface area (Å²) in [4.78, 5) is 23.6. The monoisotopic (exact) mass is 387 g/mol. The van der Waals surface area contributed by atoms with E-state index in [9.17, 15) is 4.79 Å². The molecule has 1 amide bonds. The number of halogens is 1. The predicted octanol–water partition coefficient (Wildman–Crippen LogP) is 2.49. The highest BCUT2D eigenvalue weighted by atomic mass is 35.5. The number of amides is 1. The van der Waals surface area contributed by atoms with Crippen LogP contribution in [0.4, 0.5) is 0 Å². The van der Waals surface area contributed by atoms with E-state index >= 15 is 0 Å². The number of ether oxygens (including phenoxy) is 1. The number of carbonyl (C=O) groups is 1. The summed E-state index contributed by atoms with van der Waals surface area (Å²) in [7, 11) is 0. The molecule has 3 heterocycles. The molecule has 4 rings (SSSR count). The van der Waals surface area contributed by atoms with Gasteiger partial charge in [0.1, 0.15) is 17.5 Å². The standard InChI is InChI=1S/C19H22ClN5O2/c20-14-3-5-15(6-4-14)27-18-17(21-9-10-22-18)13-2-1-11-25(12-13)19(26)16-7-8-23-24-16/h3-6,9-10,13,16,23-24H,1-2,7-8,11-12H2. The Labute approximate surface area is 163 Å². The van der Waals surface area contributed by atoms with Gasteiger partial charge >= 0.3 is 0 Å². The first kappa shape index (κ1) is 18.2. The van der Waals surface area contributed by atoms with Crippen LogP contribution < -0.4 is 15.6 Å². The number of hydrogen-bond acceptors (Lipinski definition) is 6. The lowest BCUT2D eigenvalue weighted by Gasteiger charge is -2.34. The van der Waals surface area contributed by atoms with Crippen LogP contribution in [-0.2, 0) is 4.79 Å². The second kappa shape index (κ2) is 8.21. The van der Waals surface area contributed by atoms with Crippen molar-refractivity contribution in [2.24, 2.45) is 0 Å². The molecule has 0 spiro atoms. The van der Waals surface area contributed by atoms with Gasteiger partial charge < -0.3 is 9.64 Å². The quantitative estimate of drug-likeness (QED) is 0.839. The number of nitrogens with zero attached hydrogens (tertiary/aromatic N) is 3. The van der Waals surface area contributed by atoms with Crippen molar-refractivity contribution >= 4 is 17.5 Å². The lowest BCUT2D eigenvalue weighted by atomic mass is 9.94. The van der Waals surface area contributed by atoms with E-state index < -0.39 is 0 Å². The van der Waals surface area contributed by atoms with Crippen LogP contribution in [0, 0.1) is 0 Å². The van der Waals surface area contributed by atoms with Crippen molar-refractivity contribution in [1.29, 1.82) is 0 Å². The summed E-state index contributed by atoms with van der Waals surface area (Å²) >= 11 is 5.94. The summed E-state index contributed by atoms with van der Waals surface area (Å²) < 4.78 is 5.96. The molecule has 0 radical (unpaired) electrons. The third-order valence-electron chi connectivity index (χ3n) is 4.97. The van der Waals surface area contributed by atoms with Crippen LogP contribution >= 0.6 is 11.6 Å². The van der Waals surface area contributed by atoms with Crippen LogP contribution in [0.5, 0.6) is 11.6 Å². The Hall–Kier alpha value is -2.22. The SMILES string of the molecule is O=C(C1CCNN1)N1CCCC(c2nccnc2Oc2ccc(Cl)cc2)C1. The van der Waals surface area contributed by atoms with Crippen LogP contribution in [0.3, 0.4) is 0 Å². The third-order valence-corrected chi connectivity index (χ3v) is 5.22. The van der Waals surface area contributed by atoms with Gasteiger partial charge in [-0.05, 0) is 43.5 Å². The molecular formula is C19H22ClN5O2. The molecule has 2 aliphatic rings. The number of aromatic nitrogens is 2. The summed E-state index contributed by atoms with van der Waals surface area (Å²) in [5.74, 6) is 1.40. The molecule has 2 aromatic rings. The van der Waals surface area contributed by atoms with Gasteiger partial charge in [0.25, 0.3) is 0 Å². The number of carbonyl (C=O) groups excluding carboxylic acids is 1. The highest BCUT2D eigenvalue weighted by Gasteiger charge is 2.32. The van der Waals surface area contributed by atoms with Crippen molar-refractivity contribution in [3.8, 4) is 11.6 Å². The van der Waals surface area contributed by atoms with Gasteiger partial charge in [0.15, 0.2) is 0 Å². The first-order chi connectivity index (χ1) is 13.2. The third kappa shape index (κ3) is 4.21. The fraction of sp³-hybridized carbons (Fsp3) is 0.421. The molecule has 1 aromatic carbocycles. The minimum Gasteiger partial charge on any atom is -0.437 e. The van der Waals surface area contributed by atoms with Gasteiger partial charge in [0.2, 0.25) is 11.8 Å². The van der Waals surface area contributed by atoms with Crippen molar-refractivity contribution in [2.75, 3.05) is 19.6 Å². The zero-order valence-corrected chi connectivity index (χ0v) is 15.7. The molecule has 0 bridgehead atoms. The molecule has 0 saturated carbocycles. The largest absolute Gasteiger partial charge is 0.437 e. The van der Waals surface area contributed by atoms with Crippen molar-refractivity contribution in [3.05, 3.63) is 47.4 Å². The van der Waals surface area contributed by atoms with Gasteiger partial charge in [-0.1, -0.05) is 11.6 Å². The Kier molecular flexibility index (Phi) is 5.52. The fourth-order valence-electron chi connectivity index (χ4n) is 3.60. The van der Waals surface area contributed by atoms with E-state index in [1.165, 1.54) is 0 Å². The highest BCUT2D eigenvalue weighted by molar-refractivity contribution is 6.30. The minimum atomic E-state index is -0.143. The van der Waals surface area contributed by atoms with Crippen molar-refractivity contribution in [1.82, 2.24) is 25.7 Å². The number of benzene rings is 1. The summed E-state index contributed by atoms with van der Waals surface area (Å²) in [6.07, 6.45) is 6.00. The van der Waals surface area contributed by atoms with E-state index in [4.69, 9.17) is 16.3 Å². The maximum Gasteiger partial charge on any atom is 0.241 e. The maximum absolute atomic E-state index is 12.7. The molecule has 0 aliphatic carbocycles. The van der Waals surface area contributed by atoms with E-state index in [1.54, 1.807) is 36.7 Å². The highest BCUT2D eigenvalue weighted by Crippen LogP contribution is 2.33. The normalized spacial score (nSPS) is 22.6. The van der Waals surface area contributed by atoms with Gasteiger partial charge in [-0.15, -0.1) is 0 Å². The number of nitrogens with one attached hydrogen (secondary N) is 2. The number of hydrazine groups is 1. The Morgan fingerprint density at radius 2 is 2.00 bits per heavy atom. The molecule has 27 heavy (non-hydrogen) atoms.